The number of ether oxygens (including phenoxy) is 3. The van der Waals surface area contributed by atoms with Gasteiger partial charge in [-0.2, -0.15) is 47.9 Å². The average Bonchev–Trinajstić information content (AvgIpc) is 2.97. The minimum absolute atomic E-state index is 0.0630. The van der Waals surface area contributed by atoms with Crippen LogP contribution >= 0.6 is 0 Å². The summed E-state index contributed by atoms with van der Waals surface area (Å²) in [6.07, 6.45) is -14.0. The molecule has 0 amide bonds. The van der Waals surface area contributed by atoms with Crippen molar-refractivity contribution in [3.8, 4) is 17.2 Å². The number of benzene rings is 2. The predicted molar refractivity (Wildman–Crippen MR) is 158 cm³/mol. The number of aromatic nitrogens is 2. The predicted octanol–water partition coefficient (Wildman–Crippen LogP) is 8.35. The summed E-state index contributed by atoms with van der Waals surface area (Å²) in [6, 6.07) is 1.50. The highest BCUT2D eigenvalue weighted by molar-refractivity contribution is 7.88. The molecule has 0 aliphatic carbocycles. The highest BCUT2D eigenvalue weighted by Crippen LogP contribution is 2.38. The van der Waals surface area contributed by atoms with Gasteiger partial charge in [-0.25, -0.2) is 9.97 Å². The van der Waals surface area contributed by atoms with Gasteiger partial charge in [0.05, 0.1) is 36.7 Å². The third-order valence-corrected chi connectivity index (χ3v) is 7.21. The lowest BCUT2D eigenvalue weighted by Crippen LogP contribution is -2.29. The van der Waals surface area contributed by atoms with Crippen molar-refractivity contribution in [1.82, 2.24) is 9.97 Å². The molecule has 0 spiro atoms. The van der Waals surface area contributed by atoms with Crippen LogP contribution in [0, 0.1) is 0 Å². The molecule has 294 valence electrons. The molecule has 0 fully saturated rings. The van der Waals surface area contributed by atoms with Gasteiger partial charge in [0.15, 0.2) is 5.75 Å². The Morgan fingerprint density at radius 1 is 0.774 bits per heavy atom. The third-order valence-electron chi connectivity index (χ3n) is 6.24. The van der Waals surface area contributed by atoms with Crippen molar-refractivity contribution >= 4 is 22.0 Å². The van der Waals surface area contributed by atoms with Crippen molar-refractivity contribution in [3.63, 3.8) is 0 Å². The van der Waals surface area contributed by atoms with E-state index in [9.17, 15) is 65.9 Å². The topological polar surface area (TPSA) is 117 Å². The number of nitrogens with zero attached hydrogens (tertiary/aromatic N) is 3. The number of halogens is 12. The molecule has 0 radical (unpaired) electrons. The van der Waals surface area contributed by atoms with Gasteiger partial charge in [0.25, 0.3) is 0 Å². The lowest BCUT2D eigenvalue weighted by molar-refractivity contribution is -0.274. The van der Waals surface area contributed by atoms with Crippen LogP contribution in [-0.2, 0) is 45.1 Å². The van der Waals surface area contributed by atoms with Crippen LogP contribution in [-0.4, -0.2) is 48.4 Å². The maximum Gasteiger partial charge on any atom is 0.573 e. The molecule has 0 saturated heterocycles. The minimum Gasteiger partial charge on any atom is -0.490 e. The fourth-order valence-corrected chi connectivity index (χ4v) is 4.70. The smallest absolute Gasteiger partial charge is 0.490 e. The fourth-order valence-electron chi connectivity index (χ4n) is 4.20. The lowest BCUT2D eigenvalue weighted by Gasteiger charge is -2.25. The van der Waals surface area contributed by atoms with E-state index >= 15 is 0 Å². The van der Waals surface area contributed by atoms with E-state index in [1.165, 1.54) is 0 Å². The molecule has 3 aromatic rings. The van der Waals surface area contributed by atoms with Crippen molar-refractivity contribution in [2.45, 2.75) is 76.5 Å². The molecule has 0 aliphatic rings. The largest absolute Gasteiger partial charge is 0.573 e. The molecule has 0 atom stereocenters. The van der Waals surface area contributed by atoms with Crippen LogP contribution in [0.15, 0.2) is 48.8 Å². The zero-order valence-corrected chi connectivity index (χ0v) is 28.1. The van der Waals surface area contributed by atoms with Crippen molar-refractivity contribution < 1.29 is 84.3 Å². The molecule has 2 aromatic carbocycles. The maximum atomic E-state index is 13.6. The summed E-state index contributed by atoms with van der Waals surface area (Å²) in [5.41, 5.74) is -11.9. The Bertz CT molecular complexity index is 1810. The number of carbonyl (C=O) groups excluding carboxylic acids is 1. The first-order valence-corrected chi connectivity index (χ1v) is 16.0. The van der Waals surface area contributed by atoms with Crippen LogP contribution in [0.3, 0.4) is 0 Å². The number of carbonyl (C=O) groups is 1. The number of hydrogen-bond acceptors (Lipinski definition) is 10. The van der Waals surface area contributed by atoms with Gasteiger partial charge in [-0.3, -0.25) is 4.79 Å². The van der Waals surface area contributed by atoms with E-state index in [2.05, 4.69) is 18.9 Å². The van der Waals surface area contributed by atoms with Crippen LogP contribution in [0.25, 0.3) is 0 Å². The van der Waals surface area contributed by atoms with Gasteiger partial charge >= 0.3 is 40.3 Å². The third kappa shape index (κ3) is 13.3. The van der Waals surface area contributed by atoms with Crippen molar-refractivity contribution in [3.05, 3.63) is 71.0 Å². The second kappa shape index (κ2) is 15.7. The normalized spacial score (nSPS) is 13.0. The zero-order valence-electron chi connectivity index (χ0n) is 27.3. The van der Waals surface area contributed by atoms with Gasteiger partial charge in [0.1, 0.15) is 17.1 Å². The van der Waals surface area contributed by atoms with Gasteiger partial charge in [0, 0.05) is 18.5 Å². The van der Waals surface area contributed by atoms with E-state index in [4.69, 9.17) is 9.47 Å². The van der Waals surface area contributed by atoms with E-state index < -0.39 is 98.7 Å². The summed E-state index contributed by atoms with van der Waals surface area (Å²) in [4.78, 5) is 20.4. The summed E-state index contributed by atoms with van der Waals surface area (Å²) in [5, 5.41) is 0. The number of hydrogen-bond donors (Lipinski definition) is 0. The van der Waals surface area contributed by atoms with Crippen molar-refractivity contribution in [1.29, 1.82) is 0 Å². The Morgan fingerprint density at radius 3 is 1.83 bits per heavy atom. The first kappa shape index (κ1) is 42.7. The Morgan fingerprint density at radius 2 is 1.34 bits per heavy atom. The molecule has 0 saturated carbocycles. The lowest BCUT2D eigenvalue weighted by atomic mass is 10.0. The molecular weight excluding hydrogens is 774 g/mol. The molecule has 10 nitrogen and oxygen atoms in total. The van der Waals surface area contributed by atoms with E-state index in [1.807, 2.05) is 0 Å². The van der Waals surface area contributed by atoms with Crippen LogP contribution in [0.5, 0.6) is 17.2 Å². The molecular formula is C30H27F12N3O7S. The average molecular weight is 802 g/mol. The monoisotopic (exact) mass is 801 g/mol. The summed E-state index contributed by atoms with van der Waals surface area (Å²) >= 11 is 0. The molecule has 53 heavy (non-hydrogen) atoms. The van der Waals surface area contributed by atoms with Crippen molar-refractivity contribution in [2.75, 3.05) is 11.5 Å². The van der Waals surface area contributed by atoms with E-state index in [0.29, 0.717) is 35.2 Å². The zero-order chi connectivity index (χ0) is 40.2. The molecule has 23 heteroatoms. The van der Waals surface area contributed by atoms with Gasteiger partial charge in [-0.1, -0.05) is 0 Å². The van der Waals surface area contributed by atoms with Crippen molar-refractivity contribution in [2.24, 2.45) is 0 Å². The van der Waals surface area contributed by atoms with Gasteiger partial charge in [-0.15, -0.1) is 13.2 Å². The SMILES string of the molecule is CC(C)(C)OC(=O)CCCOc1cnc(N(Cc2cc(C(F)(F)F)cc(C(F)(F)F)c2)Cc2cc(OC(F)(F)F)ccc2OS(=O)(=O)C(F)(F)F)nc1. The quantitative estimate of drug-likeness (QED) is 0.0549. The van der Waals surface area contributed by atoms with Gasteiger partial charge in [0.2, 0.25) is 5.95 Å². The Hall–Kier alpha value is -4.70. The fraction of sp³-hybridized carbons (Fsp3) is 0.433. The first-order chi connectivity index (χ1) is 24.0. The van der Waals surface area contributed by atoms with E-state index in [0.717, 1.165) is 12.4 Å². The molecule has 3 rings (SSSR count). The molecule has 1 aromatic heterocycles. The standard InChI is InChI=1S/C30H27F12N3O7S/c1-26(2,3)51-24(46)5-4-8-49-22-13-43-25(44-14-22)45(15-17-9-19(27(31,32)33)12-20(10-17)28(34,35)36)16-18-11-21(50-29(37,38)39)6-7-23(18)52-53(47,48)30(40,41)42/h6-7,9-14H,4-5,8,15-16H2,1-3H3. The highest BCUT2D eigenvalue weighted by Gasteiger charge is 2.49. The first-order valence-electron chi connectivity index (χ1n) is 14.6. The number of rotatable bonds is 13. The molecule has 0 unspecified atom stereocenters. The summed E-state index contributed by atoms with van der Waals surface area (Å²) in [7, 11) is -6.46. The van der Waals surface area contributed by atoms with Gasteiger partial charge in [-0.05, 0) is 69.2 Å². The highest BCUT2D eigenvalue weighted by atomic mass is 32.2. The number of anilines is 1. The minimum atomic E-state index is -6.46. The molecule has 0 aliphatic heterocycles. The summed E-state index contributed by atoms with van der Waals surface area (Å²) < 4.78 is 202. The maximum absolute atomic E-state index is 13.6. The van der Waals surface area contributed by atoms with Crippen LogP contribution in [0.1, 0.15) is 55.9 Å². The van der Waals surface area contributed by atoms with Crippen LogP contribution in [0.4, 0.5) is 58.6 Å². The van der Waals surface area contributed by atoms with Gasteiger partial charge < -0.3 is 23.3 Å². The second-order valence-electron chi connectivity index (χ2n) is 11.8. The van der Waals surface area contributed by atoms with E-state index in [-0.39, 0.29) is 31.3 Å². The Balaban J connectivity index is 2.07. The summed E-state index contributed by atoms with van der Waals surface area (Å²) in [6.45, 7) is 2.73. The number of alkyl halides is 12. The Labute approximate surface area is 292 Å². The molecule has 1 heterocycles. The second-order valence-corrected chi connectivity index (χ2v) is 13.4. The summed E-state index contributed by atoms with van der Waals surface area (Å²) in [5.74, 6) is -3.59. The molecule has 0 N–H and O–H groups in total. The Kier molecular flexibility index (Phi) is 12.7. The molecule has 0 bridgehead atoms. The van der Waals surface area contributed by atoms with Crippen LogP contribution < -0.4 is 18.6 Å². The van der Waals surface area contributed by atoms with Crippen LogP contribution in [0.2, 0.25) is 0 Å². The number of esters is 1. The van der Waals surface area contributed by atoms with E-state index in [1.54, 1.807) is 20.8 Å².